The van der Waals surface area contributed by atoms with Gasteiger partial charge in [-0.25, -0.2) is 4.98 Å². The number of hydrogen-bond donors (Lipinski definition) is 3. The van der Waals surface area contributed by atoms with Crippen molar-refractivity contribution in [2.45, 2.75) is 6.92 Å². The van der Waals surface area contributed by atoms with E-state index in [2.05, 4.69) is 41.5 Å². The lowest BCUT2D eigenvalue weighted by molar-refractivity contribution is -0.116. The van der Waals surface area contributed by atoms with Crippen LogP contribution in [0.25, 0.3) is 54.9 Å². The molecule has 10 nitrogen and oxygen atoms in total. The van der Waals surface area contributed by atoms with E-state index < -0.39 is 0 Å². The number of likely N-dealkylation sites (N-methyl/N-ethyl adjacent to an activating group) is 1. The molecule has 0 aliphatic rings. The van der Waals surface area contributed by atoms with E-state index in [1.54, 1.807) is 36.6 Å². The summed E-state index contributed by atoms with van der Waals surface area (Å²) in [5, 5.41) is 12.2. The average Bonchev–Trinajstić information content (AvgIpc) is 3.65. The van der Waals surface area contributed by atoms with Gasteiger partial charge in [0.15, 0.2) is 11.4 Å². The first-order chi connectivity index (χ1) is 18.9. The summed E-state index contributed by atoms with van der Waals surface area (Å²) >= 11 is 1.46. The van der Waals surface area contributed by atoms with Crippen LogP contribution >= 0.6 is 11.3 Å². The molecule has 194 valence electrons. The zero-order chi connectivity index (χ0) is 27.1. The minimum absolute atomic E-state index is 0.0463. The summed E-state index contributed by atoms with van der Waals surface area (Å²) in [6.07, 6.45) is 8.70. The molecule has 0 fully saturated rings. The molecule has 0 bridgehead atoms. The van der Waals surface area contributed by atoms with Crippen LogP contribution in [0.3, 0.4) is 0 Å². The zero-order valence-electron chi connectivity index (χ0n) is 21.4. The maximum Gasteiger partial charge on any atom is 0.238 e. The number of nitrogens with one attached hydrogen (secondary N) is 3. The van der Waals surface area contributed by atoms with Gasteiger partial charge in [-0.05, 0) is 51.4 Å². The number of Topliss-reactive ketones (excluding diaryl/α,β-unsaturated/α-hetero) is 1. The largest absolute Gasteiger partial charge is 0.352 e. The van der Waals surface area contributed by atoms with Crippen molar-refractivity contribution in [3.8, 4) is 33.0 Å². The number of amides is 1. The summed E-state index contributed by atoms with van der Waals surface area (Å²) in [5.74, 6) is -0.0672. The molecule has 0 aromatic carbocycles. The predicted octanol–water partition coefficient (Wildman–Crippen LogP) is 4.99. The van der Waals surface area contributed by atoms with Crippen LogP contribution in [0.1, 0.15) is 16.6 Å². The number of carbonyl (C=O) groups excluding carboxylic acids is 2. The van der Waals surface area contributed by atoms with Gasteiger partial charge in [0.2, 0.25) is 5.91 Å². The molecule has 0 spiro atoms. The number of carbonyl (C=O) groups is 2. The van der Waals surface area contributed by atoms with Crippen molar-refractivity contribution in [3.05, 3.63) is 66.2 Å². The van der Waals surface area contributed by atoms with E-state index in [0.717, 1.165) is 49.2 Å². The molecule has 3 N–H and O–H groups in total. The van der Waals surface area contributed by atoms with E-state index in [1.807, 2.05) is 44.6 Å². The van der Waals surface area contributed by atoms with Crippen LogP contribution in [0.5, 0.6) is 0 Å². The summed E-state index contributed by atoms with van der Waals surface area (Å²) in [5.41, 5.74) is 6.32. The Labute approximate surface area is 227 Å². The van der Waals surface area contributed by atoms with Gasteiger partial charge in [-0.2, -0.15) is 5.10 Å². The molecule has 0 unspecified atom stereocenters. The quantitative estimate of drug-likeness (QED) is 0.245. The third kappa shape index (κ3) is 4.80. The van der Waals surface area contributed by atoms with Crippen LogP contribution in [0.4, 0.5) is 5.69 Å². The smallest absolute Gasteiger partial charge is 0.238 e. The normalized spacial score (nSPS) is 11.5. The van der Waals surface area contributed by atoms with E-state index in [4.69, 9.17) is 0 Å². The Kier molecular flexibility index (Phi) is 6.21. The number of anilines is 1. The first kappa shape index (κ1) is 24.6. The molecular weight excluding hydrogens is 512 g/mol. The van der Waals surface area contributed by atoms with Crippen molar-refractivity contribution in [1.29, 1.82) is 0 Å². The average molecular weight is 537 g/mol. The third-order valence-electron chi connectivity index (χ3n) is 6.26. The molecule has 6 aromatic heterocycles. The molecule has 0 aliphatic heterocycles. The number of aromatic amines is 2. The van der Waals surface area contributed by atoms with Gasteiger partial charge in [0.25, 0.3) is 0 Å². The van der Waals surface area contributed by atoms with Crippen molar-refractivity contribution in [2.75, 3.05) is 26.0 Å². The Balaban J connectivity index is 1.37. The van der Waals surface area contributed by atoms with Crippen LogP contribution in [0, 0.1) is 0 Å². The second kappa shape index (κ2) is 9.86. The summed E-state index contributed by atoms with van der Waals surface area (Å²) in [4.78, 5) is 44.2. The summed E-state index contributed by atoms with van der Waals surface area (Å²) in [6.45, 7) is 1.85. The van der Waals surface area contributed by atoms with Crippen molar-refractivity contribution < 1.29 is 9.59 Å². The second-order valence-corrected chi connectivity index (χ2v) is 10.6. The van der Waals surface area contributed by atoms with Gasteiger partial charge in [0, 0.05) is 50.9 Å². The lowest BCUT2D eigenvalue weighted by atomic mass is 10.1. The maximum absolute atomic E-state index is 12.2. The lowest BCUT2D eigenvalue weighted by Crippen LogP contribution is -2.27. The molecular formula is C28H24N8O2S. The highest BCUT2D eigenvalue weighted by molar-refractivity contribution is 7.17. The van der Waals surface area contributed by atoms with Gasteiger partial charge < -0.3 is 15.2 Å². The van der Waals surface area contributed by atoms with E-state index in [0.29, 0.717) is 16.2 Å². The first-order valence-electron chi connectivity index (χ1n) is 12.2. The second-order valence-electron chi connectivity index (χ2n) is 9.49. The number of H-pyrrole nitrogens is 2. The van der Waals surface area contributed by atoms with E-state index in [9.17, 15) is 9.59 Å². The fourth-order valence-electron chi connectivity index (χ4n) is 4.47. The number of aromatic nitrogens is 6. The van der Waals surface area contributed by atoms with Crippen molar-refractivity contribution in [1.82, 2.24) is 35.0 Å². The summed E-state index contributed by atoms with van der Waals surface area (Å²) < 4.78 is 0. The molecule has 6 rings (SSSR count). The highest BCUT2D eigenvalue weighted by Gasteiger charge is 2.16. The van der Waals surface area contributed by atoms with Crippen molar-refractivity contribution in [2.24, 2.45) is 0 Å². The Hall–Kier alpha value is -4.74. The monoisotopic (exact) mass is 536 g/mol. The molecule has 11 heteroatoms. The highest BCUT2D eigenvalue weighted by atomic mass is 32.1. The molecule has 6 aromatic rings. The molecule has 0 radical (unpaired) electrons. The predicted molar refractivity (Wildman–Crippen MR) is 153 cm³/mol. The Morgan fingerprint density at radius 3 is 2.59 bits per heavy atom. The van der Waals surface area contributed by atoms with Gasteiger partial charge >= 0.3 is 0 Å². The number of thiophene rings is 1. The topological polar surface area (TPSA) is 133 Å². The Bertz CT molecular complexity index is 1870. The number of rotatable bonds is 7. The molecule has 6 heterocycles. The molecule has 0 aliphatic carbocycles. The highest BCUT2D eigenvalue weighted by Crippen LogP contribution is 2.36. The van der Waals surface area contributed by atoms with Crippen LogP contribution in [0.2, 0.25) is 0 Å². The lowest BCUT2D eigenvalue weighted by Gasteiger charge is -2.10. The SMILES string of the molecule is CC(=O)c1ccc(-c2cncc3[nH]c(-c4[nH]nc5ncc(-c6cncc(NC(=O)CN(C)C)c6)cc45)cc23)s1. The molecule has 39 heavy (non-hydrogen) atoms. The van der Waals surface area contributed by atoms with Crippen LogP contribution in [0.15, 0.2) is 61.3 Å². The maximum atomic E-state index is 12.2. The molecule has 0 saturated heterocycles. The standard InChI is InChI=1S/C28H24N8O2S/c1-15(37)24-4-5-25(39-24)21-12-30-13-23-19(21)8-22(33-23)27-20-7-17(10-31-28(20)35-34-27)16-6-18(11-29-9-16)32-26(38)14-36(2)3/h4-13,33H,14H2,1-3H3,(H,32,38)(H,31,34,35). The fraction of sp³-hybridized carbons (Fsp3) is 0.143. The van der Waals surface area contributed by atoms with E-state index in [-0.39, 0.29) is 18.2 Å². The van der Waals surface area contributed by atoms with Gasteiger partial charge in [0.05, 0.1) is 46.4 Å². The minimum Gasteiger partial charge on any atom is -0.352 e. The number of nitrogens with zero attached hydrogens (tertiary/aromatic N) is 5. The molecule has 0 atom stereocenters. The van der Waals surface area contributed by atoms with Crippen molar-refractivity contribution in [3.63, 3.8) is 0 Å². The molecule has 0 saturated carbocycles. The van der Waals surface area contributed by atoms with Gasteiger partial charge in [-0.15, -0.1) is 11.3 Å². The van der Waals surface area contributed by atoms with Gasteiger partial charge in [-0.3, -0.25) is 24.7 Å². The summed E-state index contributed by atoms with van der Waals surface area (Å²) in [6, 6.07) is 9.74. The number of pyridine rings is 3. The first-order valence-corrected chi connectivity index (χ1v) is 13.0. The molecule has 1 amide bonds. The minimum atomic E-state index is -0.114. The van der Waals surface area contributed by atoms with Gasteiger partial charge in [0.1, 0.15) is 0 Å². The number of ketones is 1. The summed E-state index contributed by atoms with van der Waals surface area (Å²) in [7, 11) is 3.68. The zero-order valence-corrected chi connectivity index (χ0v) is 22.3. The van der Waals surface area contributed by atoms with Crippen LogP contribution in [-0.4, -0.2) is 67.4 Å². The van der Waals surface area contributed by atoms with Crippen LogP contribution in [-0.2, 0) is 4.79 Å². The van der Waals surface area contributed by atoms with Gasteiger partial charge in [-0.1, -0.05) is 0 Å². The number of hydrogen-bond acceptors (Lipinski definition) is 8. The third-order valence-corrected chi connectivity index (χ3v) is 7.48. The van der Waals surface area contributed by atoms with E-state index >= 15 is 0 Å². The van der Waals surface area contributed by atoms with Crippen LogP contribution < -0.4 is 5.32 Å². The fourth-order valence-corrected chi connectivity index (χ4v) is 5.40. The Morgan fingerprint density at radius 1 is 0.974 bits per heavy atom. The Morgan fingerprint density at radius 2 is 1.79 bits per heavy atom. The van der Waals surface area contributed by atoms with E-state index in [1.165, 1.54) is 11.3 Å². The number of fused-ring (bicyclic) bond motifs is 2. The van der Waals surface area contributed by atoms with Crippen molar-refractivity contribution >= 4 is 50.7 Å².